The van der Waals surface area contributed by atoms with Crippen molar-refractivity contribution in [2.45, 2.75) is 6.92 Å². The molecule has 6 heteroatoms. The van der Waals surface area contributed by atoms with E-state index in [0.29, 0.717) is 32.8 Å². The molecule has 29 heavy (non-hydrogen) atoms. The lowest BCUT2D eigenvalue weighted by Gasteiger charge is -2.02. The first-order chi connectivity index (χ1) is 14.0. The molecule has 0 radical (unpaired) electrons. The molecule has 0 fully saturated rings. The minimum absolute atomic E-state index is 0.283. The van der Waals surface area contributed by atoms with E-state index in [1.807, 2.05) is 37.3 Å². The van der Waals surface area contributed by atoms with Crippen LogP contribution < -0.4 is 5.32 Å². The monoisotopic (exact) mass is 422 g/mol. The first-order valence-corrected chi connectivity index (χ1v) is 9.66. The fourth-order valence-corrected chi connectivity index (χ4v) is 3.39. The molecule has 1 N–H and O–H groups in total. The van der Waals surface area contributed by atoms with Crippen molar-refractivity contribution < 1.29 is 9.21 Å². The third kappa shape index (κ3) is 4.34. The van der Waals surface area contributed by atoms with Gasteiger partial charge in [-0.1, -0.05) is 47.5 Å². The molecule has 0 aliphatic heterocycles. The number of carbonyl (C=O) groups excluding carboxylic acids is 1. The number of aromatic nitrogens is 1. The molecule has 1 aromatic heterocycles. The zero-order chi connectivity index (χ0) is 20.4. The maximum absolute atomic E-state index is 12.3. The standard InChI is InChI=1S/C23H16Cl2N2O2/c1-14-4-2-3-5-18(14)23-27-20-10-9-17(13-21(20)29-23)26-22(28)11-7-15-6-8-16(24)12-19(15)25/h2-13H,1H3,(H,26,28)/b11-7+. The lowest BCUT2D eigenvalue weighted by Crippen LogP contribution is -2.07. The molecule has 0 aliphatic carbocycles. The third-order valence-electron chi connectivity index (χ3n) is 4.41. The van der Waals surface area contributed by atoms with Gasteiger partial charge in [-0.3, -0.25) is 4.79 Å². The summed E-state index contributed by atoms with van der Waals surface area (Å²) < 4.78 is 5.90. The van der Waals surface area contributed by atoms with E-state index in [-0.39, 0.29) is 5.91 Å². The Bertz CT molecular complexity index is 1240. The number of hydrogen-bond donors (Lipinski definition) is 1. The first kappa shape index (κ1) is 19.2. The molecule has 4 rings (SSSR count). The molecule has 4 nitrogen and oxygen atoms in total. The molecule has 144 valence electrons. The highest BCUT2D eigenvalue weighted by atomic mass is 35.5. The van der Waals surface area contributed by atoms with Crippen molar-refractivity contribution in [1.82, 2.24) is 4.98 Å². The van der Waals surface area contributed by atoms with E-state index < -0.39 is 0 Å². The van der Waals surface area contributed by atoms with Crippen LogP contribution in [0.15, 0.2) is 71.2 Å². The number of fused-ring (bicyclic) bond motifs is 1. The van der Waals surface area contributed by atoms with Crippen molar-refractivity contribution in [3.05, 3.63) is 87.9 Å². The van der Waals surface area contributed by atoms with Crippen molar-refractivity contribution >= 4 is 52.0 Å². The molecule has 0 atom stereocenters. The number of halogens is 2. The summed E-state index contributed by atoms with van der Waals surface area (Å²) in [5.41, 5.74) is 4.67. The van der Waals surface area contributed by atoms with Crippen LogP contribution in [-0.2, 0) is 4.79 Å². The Kier molecular flexibility index (Phi) is 5.38. The van der Waals surface area contributed by atoms with Crippen LogP contribution in [0.3, 0.4) is 0 Å². The van der Waals surface area contributed by atoms with Crippen molar-refractivity contribution in [2.75, 3.05) is 5.32 Å². The molecule has 0 unspecified atom stereocenters. The highest BCUT2D eigenvalue weighted by molar-refractivity contribution is 6.35. The SMILES string of the molecule is Cc1ccccc1-c1nc2ccc(NC(=O)/C=C/c3ccc(Cl)cc3Cl)cc2o1. The molecular weight excluding hydrogens is 407 g/mol. The van der Waals surface area contributed by atoms with Gasteiger partial charge in [0.15, 0.2) is 5.58 Å². The lowest BCUT2D eigenvalue weighted by atomic mass is 10.1. The molecule has 0 saturated carbocycles. The van der Waals surface area contributed by atoms with Crippen molar-refractivity contribution in [3.63, 3.8) is 0 Å². The number of oxazole rings is 1. The highest BCUT2D eigenvalue weighted by Crippen LogP contribution is 2.28. The number of amides is 1. The van der Waals surface area contributed by atoms with Crippen molar-refractivity contribution in [1.29, 1.82) is 0 Å². The van der Waals surface area contributed by atoms with E-state index >= 15 is 0 Å². The van der Waals surface area contributed by atoms with E-state index in [4.69, 9.17) is 27.6 Å². The molecule has 0 saturated heterocycles. The van der Waals surface area contributed by atoms with Gasteiger partial charge in [0.25, 0.3) is 0 Å². The molecule has 1 heterocycles. The molecule has 0 spiro atoms. The first-order valence-electron chi connectivity index (χ1n) is 8.90. The number of nitrogens with zero attached hydrogens (tertiary/aromatic N) is 1. The number of nitrogens with one attached hydrogen (secondary N) is 1. The summed E-state index contributed by atoms with van der Waals surface area (Å²) in [4.78, 5) is 16.8. The Morgan fingerprint density at radius 1 is 1.07 bits per heavy atom. The summed E-state index contributed by atoms with van der Waals surface area (Å²) in [5, 5.41) is 3.84. The summed E-state index contributed by atoms with van der Waals surface area (Å²) in [6.45, 7) is 2.01. The van der Waals surface area contributed by atoms with Gasteiger partial charge >= 0.3 is 0 Å². The Labute approximate surface area is 177 Å². The summed E-state index contributed by atoms with van der Waals surface area (Å²) in [7, 11) is 0. The van der Waals surface area contributed by atoms with E-state index in [9.17, 15) is 4.79 Å². The van der Waals surface area contributed by atoms with Crippen LogP contribution in [-0.4, -0.2) is 10.9 Å². The number of anilines is 1. The van der Waals surface area contributed by atoms with Gasteiger partial charge in [-0.2, -0.15) is 0 Å². The fraction of sp³-hybridized carbons (Fsp3) is 0.0435. The number of benzene rings is 3. The topological polar surface area (TPSA) is 55.1 Å². The molecule has 3 aromatic carbocycles. The van der Waals surface area contributed by atoms with Crippen LogP contribution in [0.4, 0.5) is 5.69 Å². The maximum Gasteiger partial charge on any atom is 0.248 e. The average Bonchev–Trinajstić information content (AvgIpc) is 3.10. The maximum atomic E-state index is 12.3. The van der Waals surface area contributed by atoms with Gasteiger partial charge in [-0.25, -0.2) is 4.98 Å². The fourth-order valence-electron chi connectivity index (χ4n) is 2.92. The summed E-state index contributed by atoms with van der Waals surface area (Å²) in [6, 6.07) is 18.3. The Hall–Kier alpha value is -3.08. The largest absolute Gasteiger partial charge is 0.436 e. The molecule has 0 bridgehead atoms. The predicted molar refractivity (Wildman–Crippen MR) is 118 cm³/mol. The normalized spacial score (nSPS) is 11.3. The summed E-state index contributed by atoms with van der Waals surface area (Å²) in [6.07, 6.45) is 3.05. The van der Waals surface area contributed by atoms with Crippen LogP contribution in [0.5, 0.6) is 0 Å². The summed E-state index contributed by atoms with van der Waals surface area (Å²) in [5.74, 6) is 0.271. The lowest BCUT2D eigenvalue weighted by molar-refractivity contribution is -0.111. The minimum atomic E-state index is -0.283. The number of carbonyl (C=O) groups is 1. The van der Waals surface area contributed by atoms with Crippen LogP contribution >= 0.6 is 23.2 Å². The highest BCUT2D eigenvalue weighted by Gasteiger charge is 2.11. The van der Waals surface area contributed by atoms with Gasteiger partial charge < -0.3 is 9.73 Å². The zero-order valence-electron chi connectivity index (χ0n) is 15.4. The van der Waals surface area contributed by atoms with E-state index in [0.717, 1.165) is 16.6 Å². The Morgan fingerprint density at radius 2 is 1.90 bits per heavy atom. The van der Waals surface area contributed by atoms with Crippen LogP contribution in [0.1, 0.15) is 11.1 Å². The van der Waals surface area contributed by atoms with Gasteiger partial charge in [0.05, 0.1) is 0 Å². The average molecular weight is 423 g/mol. The number of aryl methyl sites for hydroxylation is 1. The van der Waals surface area contributed by atoms with E-state index in [2.05, 4.69) is 10.3 Å². The predicted octanol–water partition coefficient (Wildman–Crippen LogP) is 6.76. The van der Waals surface area contributed by atoms with Crippen LogP contribution in [0, 0.1) is 6.92 Å². The van der Waals surface area contributed by atoms with Gasteiger partial charge in [-0.05, 0) is 54.5 Å². The smallest absolute Gasteiger partial charge is 0.248 e. The zero-order valence-corrected chi connectivity index (χ0v) is 17.0. The molecular formula is C23H16Cl2N2O2. The van der Waals surface area contributed by atoms with E-state index in [1.54, 1.807) is 36.4 Å². The number of hydrogen-bond acceptors (Lipinski definition) is 3. The van der Waals surface area contributed by atoms with Gasteiger partial charge in [0.1, 0.15) is 5.52 Å². The molecule has 1 amide bonds. The van der Waals surface area contributed by atoms with E-state index in [1.165, 1.54) is 6.08 Å². The minimum Gasteiger partial charge on any atom is -0.436 e. The van der Waals surface area contributed by atoms with Crippen LogP contribution in [0.2, 0.25) is 10.0 Å². The molecule has 4 aromatic rings. The quantitative estimate of drug-likeness (QED) is 0.369. The molecule has 0 aliphatic rings. The second-order valence-corrected chi connectivity index (χ2v) is 7.35. The van der Waals surface area contributed by atoms with Crippen LogP contribution in [0.25, 0.3) is 28.6 Å². The second-order valence-electron chi connectivity index (χ2n) is 6.50. The number of rotatable bonds is 4. The second kappa shape index (κ2) is 8.11. The van der Waals surface area contributed by atoms with Gasteiger partial charge in [0, 0.05) is 33.4 Å². The Morgan fingerprint density at radius 3 is 2.69 bits per heavy atom. The van der Waals surface area contributed by atoms with Crippen molar-refractivity contribution in [3.8, 4) is 11.5 Å². The Balaban J connectivity index is 1.53. The van der Waals surface area contributed by atoms with Gasteiger partial charge in [-0.15, -0.1) is 0 Å². The van der Waals surface area contributed by atoms with Crippen molar-refractivity contribution in [2.24, 2.45) is 0 Å². The van der Waals surface area contributed by atoms with Gasteiger partial charge in [0.2, 0.25) is 11.8 Å². The third-order valence-corrected chi connectivity index (χ3v) is 4.97. The summed E-state index contributed by atoms with van der Waals surface area (Å²) >= 11 is 12.0.